The van der Waals surface area contributed by atoms with Crippen molar-refractivity contribution in [2.24, 2.45) is 0 Å². The molecule has 2 N–H and O–H groups in total. The van der Waals surface area contributed by atoms with E-state index in [1.807, 2.05) is 6.92 Å². The Kier molecular flexibility index (Phi) is 2.79. The third kappa shape index (κ3) is 1.99. The predicted molar refractivity (Wildman–Crippen MR) is 63.8 cm³/mol. The Morgan fingerprint density at radius 3 is 2.75 bits per heavy atom. The van der Waals surface area contributed by atoms with E-state index in [4.69, 9.17) is 17.3 Å². The second kappa shape index (κ2) is 4.10. The molecule has 1 aromatic heterocycles. The zero-order chi connectivity index (χ0) is 11.7. The van der Waals surface area contributed by atoms with Crippen LogP contribution in [0.15, 0.2) is 30.5 Å². The summed E-state index contributed by atoms with van der Waals surface area (Å²) in [4.78, 5) is 4.15. The molecule has 0 amide bonds. The number of benzene rings is 1. The molecule has 2 rings (SSSR count). The summed E-state index contributed by atoms with van der Waals surface area (Å²) in [5.74, 6) is -0.431. The molecular weight excluding hydrogens is 227 g/mol. The first-order valence-electron chi connectivity index (χ1n) is 4.75. The Hall–Kier alpha value is -1.61. The normalized spacial score (nSPS) is 10.4. The number of nitrogens with two attached hydrogens (primary N) is 1. The standard InChI is InChI=1S/C12H10ClFN2/c1-7-10(5-9(15)6-16-7)8-2-3-12(14)11(13)4-8/h2-6H,15H2,1H3. The lowest BCUT2D eigenvalue weighted by Crippen LogP contribution is -1.92. The van der Waals surface area contributed by atoms with E-state index in [0.29, 0.717) is 5.69 Å². The molecule has 0 saturated carbocycles. The van der Waals surface area contributed by atoms with Gasteiger partial charge in [-0.25, -0.2) is 4.39 Å². The minimum atomic E-state index is -0.431. The van der Waals surface area contributed by atoms with Crippen LogP contribution in [-0.2, 0) is 0 Å². The molecule has 16 heavy (non-hydrogen) atoms. The molecule has 0 aliphatic rings. The number of hydrogen-bond donors (Lipinski definition) is 1. The topological polar surface area (TPSA) is 38.9 Å². The van der Waals surface area contributed by atoms with Gasteiger partial charge < -0.3 is 5.73 Å². The van der Waals surface area contributed by atoms with Gasteiger partial charge in [0.15, 0.2) is 0 Å². The average molecular weight is 237 g/mol. The molecule has 0 spiro atoms. The molecule has 0 radical (unpaired) electrons. The third-order valence-corrected chi connectivity index (χ3v) is 2.63. The van der Waals surface area contributed by atoms with Gasteiger partial charge in [0, 0.05) is 11.3 Å². The second-order valence-corrected chi connectivity index (χ2v) is 3.94. The fourth-order valence-corrected chi connectivity index (χ4v) is 1.69. The van der Waals surface area contributed by atoms with Gasteiger partial charge in [0.05, 0.1) is 16.9 Å². The molecule has 0 fully saturated rings. The van der Waals surface area contributed by atoms with Crippen molar-refractivity contribution >= 4 is 17.3 Å². The van der Waals surface area contributed by atoms with Crippen LogP contribution in [0.1, 0.15) is 5.69 Å². The van der Waals surface area contributed by atoms with Crippen LogP contribution in [0.4, 0.5) is 10.1 Å². The number of pyridine rings is 1. The van der Waals surface area contributed by atoms with E-state index in [0.717, 1.165) is 16.8 Å². The molecule has 0 bridgehead atoms. The van der Waals surface area contributed by atoms with Gasteiger partial charge in [-0.2, -0.15) is 0 Å². The van der Waals surface area contributed by atoms with Crippen LogP contribution in [0.25, 0.3) is 11.1 Å². The average Bonchev–Trinajstić information content (AvgIpc) is 2.26. The van der Waals surface area contributed by atoms with Crippen molar-refractivity contribution in [1.82, 2.24) is 4.98 Å². The van der Waals surface area contributed by atoms with Crippen LogP contribution in [0.3, 0.4) is 0 Å². The van der Waals surface area contributed by atoms with Crippen molar-refractivity contribution in [2.75, 3.05) is 5.73 Å². The van der Waals surface area contributed by atoms with Crippen LogP contribution < -0.4 is 5.73 Å². The van der Waals surface area contributed by atoms with E-state index in [2.05, 4.69) is 4.98 Å². The van der Waals surface area contributed by atoms with Gasteiger partial charge in [-0.05, 0) is 30.7 Å². The number of aromatic nitrogens is 1. The zero-order valence-corrected chi connectivity index (χ0v) is 9.42. The summed E-state index contributed by atoms with van der Waals surface area (Å²) in [7, 11) is 0. The predicted octanol–water partition coefficient (Wildman–Crippen LogP) is 3.43. The van der Waals surface area contributed by atoms with Gasteiger partial charge >= 0.3 is 0 Å². The lowest BCUT2D eigenvalue weighted by atomic mass is 10.0. The highest BCUT2D eigenvalue weighted by Crippen LogP contribution is 2.27. The first-order chi connectivity index (χ1) is 7.58. The number of rotatable bonds is 1. The van der Waals surface area contributed by atoms with Crippen molar-refractivity contribution in [1.29, 1.82) is 0 Å². The number of nitrogen functional groups attached to an aromatic ring is 1. The van der Waals surface area contributed by atoms with Gasteiger partial charge in [-0.3, -0.25) is 4.98 Å². The number of halogens is 2. The maximum absolute atomic E-state index is 13.0. The van der Waals surface area contributed by atoms with E-state index in [1.165, 1.54) is 6.07 Å². The molecule has 0 saturated heterocycles. The molecule has 2 aromatic rings. The highest BCUT2D eigenvalue weighted by molar-refractivity contribution is 6.31. The quantitative estimate of drug-likeness (QED) is 0.824. The van der Waals surface area contributed by atoms with Crippen molar-refractivity contribution in [3.8, 4) is 11.1 Å². The highest BCUT2D eigenvalue weighted by Gasteiger charge is 2.06. The maximum Gasteiger partial charge on any atom is 0.141 e. The lowest BCUT2D eigenvalue weighted by Gasteiger charge is -2.07. The summed E-state index contributed by atoms with van der Waals surface area (Å²) in [5, 5.41) is 0.0966. The molecule has 82 valence electrons. The Balaban J connectivity index is 2.58. The molecule has 1 aromatic carbocycles. The van der Waals surface area contributed by atoms with Crippen LogP contribution >= 0.6 is 11.6 Å². The van der Waals surface area contributed by atoms with Crippen molar-refractivity contribution in [3.63, 3.8) is 0 Å². The Morgan fingerprint density at radius 1 is 1.31 bits per heavy atom. The SMILES string of the molecule is Cc1ncc(N)cc1-c1ccc(F)c(Cl)c1. The molecule has 0 atom stereocenters. The van der Waals surface area contributed by atoms with Crippen LogP contribution in [0.5, 0.6) is 0 Å². The van der Waals surface area contributed by atoms with Crippen LogP contribution in [0.2, 0.25) is 5.02 Å². The zero-order valence-electron chi connectivity index (χ0n) is 8.67. The molecule has 2 nitrogen and oxygen atoms in total. The van der Waals surface area contributed by atoms with Crippen LogP contribution in [-0.4, -0.2) is 4.98 Å². The number of hydrogen-bond acceptors (Lipinski definition) is 2. The van der Waals surface area contributed by atoms with E-state index in [1.54, 1.807) is 24.4 Å². The first-order valence-corrected chi connectivity index (χ1v) is 5.13. The Bertz CT molecular complexity index is 541. The van der Waals surface area contributed by atoms with Crippen molar-refractivity contribution in [3.05, 3.63) is 47.0 Å². The molecule has 4 heteroatoms. The number of aryl methyl sites for hydroxylation is 1. The van der Waals surface area contributed by atoms with Gasteiger partial charge in [0.1, 0.15) is 5.82 Å². The summed E-state index contributed by atoms with van der Waals surface area (Å²) < 4.78 is 13.0. The summed E-state index contributed by atoms with van der Waals surface area (Å²) in [5.41, 5.74) is 8.74. The molecule has 0 aliphatic carbocycles. The van der Waals surface area contributed by atoms with Gasteiger partial charge in [0.25, 0.3) is 0 Å². The summed E-state index contributed by atoms with van der Waals surface area (Å²) in [6.07, 6.45) is 1.59. The highest BCUT2D eigenvalue weighted by atomic mass is 35.5. The van der Waals surface area contributed by atoms with Gasteiger partial charge in [0.2, 0.25) is 0 Å². The lowest BCUT2D eigenvalue weighted by molar-refractivity contribution is 0.628. The third-order valence-electron chi connectivity index (χ3n) is 2.34. The number of anilines is 1. The largest absolute Gasteiger partial charge is 0.397 e. The smallest absolute Gasteiger partial charge is 0.141 e. The number of nitrogens with zero attached hydrogens (tertiary/aromatic N) is 1. The van der Waals surface area contributed by atoms with Gasteiger partial charge in [-0.1, -0.05) is 17.7 Å². The fourth-order valence-electron chi connectivity index (χ4n) is 1.51. The molecule has 0 aliphatic heterocycles. The molecular formula is C12H10ClFN2. The van der Waals surface area contributed by atoms with Crippen LogP contribution in [0, 0.1) is 12.7 Å². The van der Waals surface area contributed by atoms with E-state index < -0.39 is 5.82 Å². The minimum Gasteiger partial charge on any atom is -0.397 e. The fraction of sp³-hybridized carbons (Fsp3) is 0.0833. The molecule has 0 unspecified atom stereocenters. The minimum absolute atomic E-state index is 0.0966. The van der Waals surface area contributed by atoms with Crippen molar-refractivity contribution in [2.45, 2.75) is 6.92 Å². The second-order valence-electron chi connectivity index (χ2n) is 3.53. The van der Waals surface area contributed by atoms with E-state index in [9.17, 15) is 4.39 Å². The summed E-state index contributed by atoms with van der Waals surface area (Å²) in [6, 6.07) is 6.36. The van der Waals surface area contributed by atoms with E-state index >= 15 is 0 Å². The monoisotopic (exact) mass is 236 g/mol. The Labute approximate surface area is 97.9 Å². The maximum atomic E-state index is 13.0. The van der Waals surface area contributed by atoms with Crippen molar-refractivity contribution < 1.29 is 4.39 Å². The van der Waals surface area contributed by atoms with E-state index in [-0.39, 0.29) is 5.02 Å². The summed E-state index contributed by atoms with van der Waals surface area (Å²) >= 11 is 5.73. The Morgan fingerprint density at radius 2 is 2.06 bits per heavy atom. The van der Waals surface area contributed by atoms with Gasteiger partial charge in [-0.15, -0.1) is 0 Å². The summed E-state index contributed by atoms with van der Waals surface area (Å²) in [6.45, 7) is 1.87. The first kappa shape index (κ1) is 10.9. The molecule has 1 heterocycles.